The van der Waals surface area contributed by atoms with E-state index in [4.69, 9.17) is 34.8 Å². The number of nitrogens with zero attached hydrogens (tertiary/aromatic N) is 1. The van der Waals surface area contributed by atoms with Crippen LogP contribution in [0.2, 0.25) is 15.1 Å². The molecule has 25 heavy (non-hydrogen) atoms. The molecule has 3 rings (SSSR count). The van der Waals surface area contributed by atoms with E-state index in [1.54, 1.807) is 6.07 Å². The molecule has 1 saturated heterocycles. The molecule has 2 unspecified atom stereocenters. The normalized spacial score (nSPS) is 19.6. The molecule has 0 amide bonds. The first-order valence-electron chi connectivity index (χ1n) is 8.13. The molecule has 1 aliphatic rings. The number of carboxylic acid groups (broad SMARTS) is 1. The van der Waals surface area contributed by atoms with Crippen molar-refractivity contribution in [1.82, 2.24) is 4.90 Å². The molecular formula is C19H18Cl3NO2. The summed E-state index contributed by atoms with van der Waals surface area (Å²) in [7, 11) is 0. The number of likely N-dealkylation sites (tertiary alicyclic amines) is 1. The maximum Gasteiger partial charge on any atom is 0.307 e. The van der Waals surface area contributed by atoms with Crippen LogP contribution in [-0.4, -0.2) is 29.1 Å². The van der Waals surface area contributed by atoms with Crippen LogP contribution in [0.1, 0.15) is 30.0 Å². The van der Waals surface area contributed by atoms with Gasteiger partial charge in [-0.3, -0.25) is 9.69 Å². The fourth-order valence-corrected chi connectivity index (χ4v) is 4.05. The van der Waals surface area contributed by atoms with Crippen molar-refractivity contribution in [2.45, 2.75) is 18.9 Å². The fraction of sp³-hybridized carbons (Fsp3) is 0.316. The first-order chi connectivity index (χ1) is 12.0. The monoisotopic (exact) mass is 397 g/mol. The third-order valence-corrected chi connectivity index (χ3v) is 5.68. The van der Waals surface area contributed by atoms with Crippen LogP contribution >= 0.6 is 34.8 Å². The molecule has 2 atom stereocenters. The van der Waals surface area contributed by atoms with Crippen LogP contribution in [0.5, 0.6) is 0 Å². The van der Waals surface area contributed by atoms with Crippen molar-refractivity contribution in [3.63, 3.8) is 0 Å². The molecule has 0 saturated carbocycles. The second-order valence-corrected chi connectivity index (χ2v) is 7.49. The molecule has 0 bridgehead atoms. The van der Waals surface area contributed by atoms with Gasteiger partial charge in [0.15, 0.2) is 0 Å². The van der Waals surface area contributed by atoms with E-state index in [0.29, 0.717) is 28.0 Å². The van der Waals surface area contributed by atoms with Gasteiger partial charge in [-0.05, 0) is 48.7 Å². The maximum atomic E-state index is 11.5. The Labute approximate surface area is 162 Å². The molecule has 3 nitrogen and oxygen atoms in total. The summed E-state index contributed by atoms with van der Waals surface area (Å²) in [4.78, 5) is 13.6. The van der Waals surface area contributed by atoms with Crippen molar-refractivity contribution in [2.75, 3.05) is 13.1 Å². The molecule has 1 fully saturated rings. The summed E-state index contributed by atoms with van der Waals surface area (Å²) in [5.74, 6) is -1.14. The molecule has 1 heterocycles. The molecule has 0 aromatic heterocycles. The Kier molecular flexibility index (Phi) is 5.90. The summed E-state index contributed by atoms with van der Waals surface area (Å²) >= 11 is 18.9. The quantitative estimate of drug-likeness (QED) is 0.736. The van der Waals surface area contributed by atoms with Gasteiger partial charge in [-0.2, -0.15) is 0 Å². The Balaban J connectivity index is 2.06. The van der Waals surface area contributed by atoms with Gasteiger partial charge in [0, 0.05) is 11.6 Å². The number of halogens is 3. The van der Waals surface area contributed by atoms with E-state index in [0.717, 1.165) is 24.1 Å². The minimum Gasteiger partial charge on any atom is -0.481 e. The zero-order valence-electron chi connectivity index (χ0n) is 13.5. The summed E-state index contributed by atoms with van der Waals surface area (Å²) < 4.78 is 0. The van der Waals surface area contributed by atoms with E-state index in [1.807, 2.05) is 36.4 Å². The van der Waals surface area contributed by atoms with Gasteiger partial charge in [0.2, 0.25) is 0 Å². The van der Waals surface area contributed by atoms with E-state index >= 15 is 0 Å². The number of carbonyl (C=O) groups is 1. The van der Waals surface area contributed by atoms with Crippen LogP contribution in [0.15, 0.2) is 42.5 Å². The standard InChI is InChI=1S/C19H18Cl3NO2/c20-14-6-1-4-12(10-14)18(15-7-2-8-16(21)17(15)22)23-9-3-5-13(11-23)19(24)25/h1-2,4,6-8,10,13,18H,3,5,9,11H2,(H,24,25). The third-order valence-electron chi connectivity index (χ3n) is 4.61. The van der Waals surface area contributed by atoms with Crippen molar-refractivity contribution in [3.8, 4) is 0 Å². The van der Waals surface area contributed by atoms with Gasteiger partial charge in [0.05, 0.1) is 22.0 Å². The topological polar surface area (TPSA) is 40.5 Å². The summed E-state index contributed by atoms with van der Waals surface area (Å²) in [6.07, 6.45) is 1.52. The van der Waals surface area contributed by atoms with Crippen molar-refractivity contribution < 1.29 is 9.90 Å². The second-order valence-electron chi connectivity index (χ2n) is 6.27. The van der Waals surface area contributed by atoms with Crippen LogP contribution in [0, 0.1) is 5.92 Å². The lowest BCUT2D eigenvalue weighted by Gasteiger charge is -2.38. The molecule has 2 aromatic rings. The SMILES string of the molecule is O=C(O)C1CCCN(C(c2cccc(Cl)c2)c2cccc(Cl)c2Cl)C1. The van der Waals surface area contributed by atoms with Gasteiger partial charge in [-0.1, -0.05) is 59.1 Å². The lowest BCUT2D eigenvalue weighted by atomic mass is 9.91. The van der Waals surface area contributed by atoms with E-state index in [1.165, 1.54) is 0 Å². The highest BCUT2D eigenvalue weighted by atomic mass is 35.5. The lowest BCUT2D eigenvalue weighted by molar-refractivity contribution is -0.143. The average molecular weight is 399 g/mol. The number of carboxylic acids is 1. The van der Waals surface area contributed by atoms with Gasteiger partial charge < -0.3 is 5.11 Å². The minimum atomic E-state index is -0.758. The molecule has 132 valence electrons. The zero-order valence-corrected chi connectivity index (χ0v) is 15.7. The van der Waals surface area contributed by atoms with E-state index in [-0.39, 0.29) is 12.0 Å². The first-order valence-corrected chi connectivity index (χ1v) is 9.27. The van der Waals surface area contributed by atoms with Gasteiger partial charge in [0.25, 0.3) is 0 Å². The van der Waals surface area contributed by atoms with Gasteiger partial charge in [-0.25, -0.2) is 0 Å². The lowest BCUT2D eigenvalue weighted by Crippen LogP contribution is -2.41. The Morgan fingerprint density at radius 1 is 1.16 bits per heavy atom. The molecule has 6 heteroatoms. The summed E-state index contributed by atoms with van der Waals surface area (Å²) in [6.45, 7) is 1.26. The van der Waals surface area contributed by atoms with Crippen LogP contribution in [-0.2, 0) is 4.79 Å². The largest absolute Gasteiger partial charge is 0.481 e. The number of rotatable bonds is 4. The zero-order chi connectivity index (χ0) is 18.0. The second kappa shape index (κ2) is 7.96. The minimum absolute atomic E-state index is 0.188. The highest BCUT2D eigenvalue weighted by Crippen LogP contribution is 2.39. The molecular weight excluding hydrogens is 381 g/mol. The van der Waals surface area contributed by atoms with Crippen molar-refractivity contribution in [2.24, 2.45) is 5.92 Å². The van der Waals surface area contributed by atoms with Gasteiger partial charge in [0.1, 0.15) is 0 Å². The Morgan fingerprint density at radius 2 is 1.92 bits per heavy atom. The third kappa shape index (κ3) is 4.12. The molecule has 2 aromatic carbocycles. The van der Waals surface area contributed by atoms with E-state index in [2.05, 4.69) is 4.90 Å². The number of piperidine rings is 1. The number of benzene rings is 2. The van der Waals surface area contributed by atoms with Crippen LogP contribution < -0.4 is 0 Å². The number of hydrogen-bond donors (Lipinski definition) is 1. The van der Waals surface area contributed by atoms with Crippen LogP contribution in [0.3, 0.4) is 0 Å². The molecule has 0 aliphatic carbocycles. The van der Waals surface area contributed by atoms with Crippen LogP contribution in [0.4, 0.5) is 0 Å². The van der Waals surface area contributed by atoms with Crippen molar-refractivity contribution >= 4 is 40.8 Å². The summed E-state index contributed by atoms with van der Waals surface area (Å²) in [6, 6.07) is 12.9. The molecule has 0 spiro atoms. The summed E-state index contributed by atoms with van der Waals surface area (Å²) in [5.41, 5.74) is 1.84. The van der Waals surface area contributed by atoms with Crippen LogP contribution in [0.25, 0.3) is 0 Å². The predicted molar refractivity (Wildman–Crippen MR) is 102 cm³/mol. The number of hydrogen-bond acceptors (Lipinski definition) is 2. The smallest absolute Gasteiger partial charge is 0.307 e. The highest BCUT2D eigenvalue weighted by Gasteiger charge is 2.32. The molecule has 0 radical (unpaired) electrons. The van der Waals surface area contributed by atoms with Crippen molar-refractivity contribution in [1.29, 1.82) is 0 Å². The van der Waals surface area contributed by atoms with E-state index in [9.17, 15) is 9.90 Å². The fourth-order valence-electron chi connectivity index (χ4n) is 3.44. The maximum absolute atomic E-state index is 11.5. The Bertz CT molecular complexity index is 781. The van der Waals surface area contributed by atoms with Crippen molar-refractivity contribution in [3.05, 3.63) is 68.7 Å². The van der Waals surface area contributed by atoms with E-state index < -0.39 is 5.97 Å². The average Bonchev–Trinajstić information content (AvgIpc) is 2.59. The number of aliphatic carboxylic acids is 1. The highest BCUT2D eigenvalue weighted by molar-refractivity contribution is 6.42. The predicted octanol–water partition coefficient (Wildman–Crippen LogP) is 5.53. The summed E-state index contributed by atoms with van der Waals surface area (Å²) in [5, 5.41) is 11.0. The Morgan fingerprint density at radius 3 is 2.64 bits per heavy atom. The Hall–Kier alpha value is -1.26. The van der Waals surface area contributed by atoms with Gasteiger partial charge >= 0.3 is 5.97 Å². The van der Waals surface area contributed by atoms with Gasteiger partial charge in [-0.15, -0.1) is 0 Å². The molecule has 1 aliphatic heterocycles. The first kappa shape index (κ1) is 18.5. The molecule has 1 N–H and O–H groups in total.